The zero-order valence-electron chi connectivity index (χ0n) is 18.8. The lowest BCUT2D eigenvalue weighted by Crippen LogP contribution is -2.38. The molecule has 2 heterocycles. The van der Waals surface area contributed by atoms with Crippen molar-refractivity contribution in [2.24, 2.45) is 4.99 Å². The molecule has 0 saturated carbocycles. The number of para-hydroxylation sites is 1. The predicted octanol–water partition coefficient (Wildman–Crippen LogP) is 1.65. The van der Waals surface area contributed by atoms with Crippen molar-refractivity contribution in [3.63, 3.8) is 0 Å². The SMILES string of the molecule is CCNC(=NCc1ccccc1OCCN1CCOCC1)NCCCOC1CCOC1. The Morgan fingerprint density at radius 3 is 2.81 bits per heavy atom. The molecule has 1 aromatic carbocycles. The highest BCUT2D eigenvalue weighted by molar-refractivity contribution is 5.79. The monoisotopic (exact) mass is 434 g/mol. The summed E-state index contributed by atoms with van der Waals surface area (Å²) in [6.07, 6.45) is 2.20. The first-order valence-electron chi connectivity index (χ1n) is 11.6. The molecule has 2 N–H and O–H groups in total. The Morgan fingerprint density at radius 1 is 1.13 bits per heavy atom. The van der Waals surface area contributed by atoms with Crippen LogP contribution in [0.3, 0.4) is 0 Å². The first-order valence-corrected chi connectivity index (χ1v) is 11.6. The van der Waals surface area contributed by atoms with Gasteiger partial charge in [0, 0.05) is 51.5 Å². The van der Waals surface area contributed by atoms with Gasteiger partial charge < -0.3 is 29.6 Å². The van der Waals surface area contributed by atoms with Crippen LogP contribution in [0.4, 0.5) is 0 Å². The zero-order chi connectivity index (χ0) is 21.6. The number of hydrogen-bond acceptors (Lipinski definition) is 6. The van der Waals surface area contributed by atoms with Crippen LogP contribution in [-0.4, -0.2) is 89.3 Å². The quantitative estimate of drug-likeness (QED) is 0.294. The molecule has 1 aromatic rings. The van der Waals surface area contributed by atoms with Crippen molar-refractivity contribution in [2.75, 3.05) is 72.4 Å². The van der Waals surface area contributed by atoms with Crippen molar-refractivity contribution in [2.45, 2.75) is 32.4 Å². The van der Waals surface area contributed by atoms with Crippen LogP contribution >= 0.6 is 0 Å². The van der Waals surface area contributed by atoms with E-state index in [4.69, 9.17) is 23.9 Å². The molecule has 0 spiro atoms. The molecular formula is C23H38N4O4. The number of morpholine rings is 1. The van der Waals surface area contributed by atoms with Gasteiger partial charge >= 0.3 is 0 Å². The van der Waals surface area contributed by atoms with Crippen molar-refractivity contribution < 1.29 is 18.9 Å². The minimum Gasteiger partial charge on any atom is -0.492 e. The number of guanidine groups is 1. The van der Waals surface area contributed by atoms with Crippen molar-refractivity contribution in [3.8, 4) is 5.75 Å². The highest BCUT2D eigenvalue weighted by Gasteiger charge is 2.15. The van der Waals surface area contributed by atoms with E-state index in [-0.39, 0.29) is 6.10 Å². The summed E-state index contributed by atoms with van der Waals surface area (Å²) in [6, 6.07) is 8.14. The fourth-order valence-electron chi connectivity index (χ4n) is 3.56. The molecule has 0 aliphatic carbocycles. The summed E-state index contributed by atoms with van der Waals surface area (Å²) < 4.78 is 22.6. The van der Waals surface area contributed by atoms with Gasteiger partial charge in [-0.3, -0.25) is 4.90 Å². The molecule has 2 saturated heterocycles. The van der Waals surface area contributed by atoms with Gasteiger partial charge in [-0.1, -0.05) is 18.2 Å². The smallest absolute Gasteiger partial charge is 0.191 e. The average molecular weight is 435 g/mol. The molecule has 0 radical (unpaired) electrons. The Labute approximate surface area is 186 Å². The summed E-state index contributed by atoms with van der Waals surface area (Å²) in [7, 11) is 0. The number of rotatable bonds is 12. The van der Waals surface area contributed by atoms with Gasteiger partial charge in [-0.2, -0.15) is 0 Å². The summed E-state index contributed by atoms with van der Waals surface area (Å²) in [5.41, 5.74) is 1.09. The number of nitrogens with zero attached hydrogens (tertiary/aromatic N) is 2. The number of nitrogens with one attached hydrogen (secondary N) is 2. The van der Waals surface area contributed by atoms with Crippen LogP contribution in [0.5, 0.6) is 5.75 Å². The van der Waals surface area contributed by atoms with Crippen LogP contribution in [-0.2, 0) is 20.8 Å². The molecule has 0 aromatic heterocycles. The number of benzene rings is 1. The van der Waals surface area contributed by atoms with E-state index in [9.17, 15) is 0 Å². The largest absolute Gasteiger partial charge is 0.492 e. The zero-order valence-corrected chi connectivity index (χ0v) is 18.8. The van der Waals surface area contributed by atoms with E-state index < -0.39 is 0 Å². The van der Waals surface area contributed by atoms with E-state index in [1.54, 1.807) is 0 Å². The third-order valence-electron chi connectivity index (χ3n) is 5.35. The second-order valence-corrected chi connectivity index (χ2v) is 7.74. The second kappa shape index (κ2) is 14.2. The maximum Gasteiger partial charge on any atom is 0.191 e. The molecular weight excluding hydrogens is 396 g/mol. The first kappa shape index (κ1) is 23.8. The van der Waals surface area contributed by atoms with E-state index in [2.05, 4.69) is 28.5 Å². The third kappa shape index (κ3) is 9.03. The molecule has 2 aliphatic heterocycles. The van der Waals surface area contributed by atoms with E-state index in [1.807, 2.05) is 18.2 Å². The highest BCUT2D eigenvalue weighted by Crippen LogP contribution is 2.19. The van der Waals surface area contributed by atoms with Crippen LogP contribution in [0.2, 0.25) is 0 Å². The van der Waals surface area contributed by atoms with Crippen molar-refractivity contribution >= 4 is 5.96 Å². The number of aliphatic imine (C=N–C) groups is 1. The van der Waals surface area contributed by atoms with Gasteiger partial charge in [0.2, 0.25) is 0 Å². The molecule has 2 fully saturated rings. The molecule has 1 unspecified atom stereocenters. The molecule has 0 amide bonds. The topological polar surface area (TPSA) is 76.6 Å². The molecule has 0 bridgehead atoms. The molecule has 8 nitrogen and oxygen atoms in total. The second-order valence-electron chi connectivity index (χ2n) is 7.74. The molecule has 31 heavy (non-hydrogen) atoms. The Balaban J connectivity index is 1.41. The Bertz CT molecular complexity index is 646. The van der Waals surface area contributed by atoms with Gasteiger partial charge in [-0.25, -0.2) is 4.99 Å². The van der Waals surface area contributed by atoms with Crippen molar-refractivity contribution in [1.29, 1.82) is 0 Å². The van der Waals surface area contributed by atoms with Crippen LogP contribution in [0.15, 0.2) is 29.3 Å². The molecule has 174 valence electrons. The first-order chi connectivity index (χ1) is 15.3. The number of ether oxygens (including phenoxy) is 4. The van der Waals surface area contributed by atoms with Gasteiger partial charge in [0.1, 0.15) is 12.4 Å². The molecule has 2 aliphatic rings. The summed E-state index contributed by atoms with van der Waals surface area (Å²) in [5, 5.41) is 6.70. The van der Waals surface area contributed by atoms with Gasteiger partial charge in [-0.15, -0.1) is 0 Å². The third-order valence-corrected chi connectivity index (χ3v) is 5.35. The van der Waals surface area contributed by atoms with Gasteiger partial charge in [0.15, 0.2) is 5.96 Å². The lowest BCUT2D eigenvalue weighted by molar-refractivity contribution is 0.0322. The predicted molar refractivity (Wildman–Crippen MR) is 122 cm³/mol. The summed E-state index contributed by atoms with van der Waals surface area (Å²) in [4.78, 5) is 7.12. The Kier molecular flexibility index (Phi) is 10.9. The fraction of sp³-hybridized carbons (Fsp3) is 0.696. The van der Waals surface area contributed by atoms with Crippen LogP contribution in [0, 0.1) is 0 Å². The maximum atomic E-state index is 6.07. The van der Waals surface area contributed by atoms with Crippen LogP contribution < -0.4 is 15.4 Å². The lowest BCUT2D eigenvalue weighted by atomic mass is 10.2. The normalized spacial score (nSPS) is 20.0. The van der Waals surface area contributed by atoms with Gasteiger partial charge in [0.25, 0.3) is 0 Å². The minimum absolute atomic E-state index is 0.265. The minimum atomic E-state index is 0.265. The average Bonchev–Trinajstić information content (AvgIpc) is 3.32. The summed E-state index contributed by atoms with van der Waals surface area (Å²) >= 11 is 0. The summed E-state index contributed by atoms with van der Waals surface area (Å²) in [5.74, 6) is 1.72. The van der Waals surface area contributed by atoms with E-state index in [1.165, 1.54) is 0 Å². The fourth-order valence-corrected chi connectivity index (χ4v) is 3.56. The van der Waals surface area contributed by atoms with E-state index >= 15 is 0 Å². The number of hydrogen-bond donors (Lipinski definition) is 2. The van der Waals surface area contributed by atoms with E-state index in [0.29, 0.717) is 13.2 Å². The maximum absolute atomic E-state index is 6.07. The van der Waals surface area contributed by atoms with E-state index in [0.717, 1.165) is 95.9 Å². The highest BCUT2D eigenvalue weighted by atomic mass is 16.5. The molecule has 1 atom stereocenters. The molecule has 8 heteroatoms. The lowest BCUT2D eigenvalue weighted by Gasteiger charge is -2.26. The van der Waals surface area contributed by atoms with Gasteiger partial charge in [-0.05, 0) is 25.8 Å². The van der Waals surface area contributed by atoms with Crippen LogP contribution in [0.25, 0.3) is 0 Å². The van der Waals surface area contributed by atoms with Crippen molar-refractivity contribution in [3.05, 3.63) is 29.8 Å². The Hall–Kier alpha value is -1.87. The standard InChI is InChI=1S/C23H38N4O4/c1-2-24-23(25-9-5-13-30-21-8-14-29-19-21)26-18-20-6-3-4-7-22(20)31-17-12-27-10-15-28-16-11-27/h3-4,6-7,21H,2,5,8-19H2,1H3,(H2,24,25,26). The van der Waals surface area contributed by atoms with Gasteiger partial charge in [0.05, 0.1) is 32.5 Å². The summed E-state index contributed by atoms with van der Waals surface area (Å²) in [6.45, 7) is 11.7. The Morgan fingerprint density at radius 2 is 2.00 bits per heavy atom. The van der Waals surface area contributed by atoms with Crippen LogP contribution in [0.1, 0.15) is 25.3 Å². The van der Waals surface area contributed by atoms with Crippen molar-refractivity contribution in [1.82, 2.24) is 15.5 Å². The molecule has 3 rings (SSSR count).